The van der Waals surface area contributed by atoms with Crippen molar-refractivity contribution < 1.29 is 9.90 Å². The molecule has 0 aliphatic heterocycles. The summed E-state index contributed by atoms with van der Waals surface area (Å²) in [7, 11) is 0. The van der Waals surface area contributed by atoms with Crippen molar-refractivity contribution in [1.82, 2.24) is 4.98 Å². The summed E-state index contributed by atoms with van der Waals surface area (Å²) in [6.07, 6.45) is 1.72. The molecule has 0 radical (unpaired) electrons. The molecular weight excluding hydrogens is 314 g/mol. The monoisotopic (exact) mass is 323 g/mol. The zero-order chi connectivity index (χ0) is 13.0. The number of hydrogen-bond acceptors (Lipinski definition) is 3. The van der Waals surface area contributed by atoms with E-state index in [1.54, 1.807) is 18.3 Å². The van der Waals surface area contributed by atoms with E-state index in [1.165, 1.54) is 11.8 Å². The van der Waals surface area contributed by atoms with Gasteiger partial charge in [-0.25, -0.2) is 9.78 Å². The largest absolute Gasteiger partial charge is 0.478 e. The van der Waals surface area contributed by atoms with E-state index in [2.05, 4.69) is 20.9 Å². The van der Waals surface area contributed by atoms with Gasteiger partial charge in [0.15, 0.2) is 0 Å². The van der Waals surface area contributed by atoms with Crippen molar-refractivity contribution in [2.24, 2.45) is 0 Å². The van der Waals surface area contributed by atoms with E-state index in [1.807, 2.05) is 24.3 Å². The average Bonchev–Trinajstić information content (AvgIpc) is 2.38. The lowest BCUT2D eigenvalue weighted by atomic mass is 10.1. The van der Waals surface area contributed by atoms with Gasteiger partial charge in [0.25, 0.3) is 0 Å². The molecule has 0 bridgehead atoms. The molecule has 0 fully saturated rings. The third-order valence-electron chi connectivity index (χ3n) is 2.34. The number of carboxylic acids is 1. The number of carboxylic acid groups (broad SMARTS) is 1. The topological polar surface area (TPSA) is 50.2 Å². The number of benzene rings is 1. The number of carbonyl (C=O) groups is 1. The maximum atomic E-state index is 11.1. The van der Waals surface area contributed by atoms with E-state index >= 15 is 0 Å². The third kappa shape index (κ3) is 3.11. The van der Waals surface area contributed by atoms with E-state index in [-0.39, 0.29) is 0 Å². The Morgan fingerprint density at radius 1 is 1.28 bits per heavy atom. The molecule has 0 atom stereocenters. The Morgan fingerprint density at radius 3 is 2.78 bits per heavy atom. The number of aromatic nitrogens is 1. The summed E-state index contributed by atoms with van der Waals surface area (Å²) in [6, 6.07) is 10.8. The summed E-state index contributed by atoms with van der Waals surface area (Å²) < 4.78 is 0.919. The second-order valence-electron chi connectivity index (χ2n) is 3.54. The maximum Gasteiger partial charge on any atom is 0.335 e. The highest BCUT2D eigenvalue weighted by molar-refractivity contribution is 9.10. The van der Waals surface area contributed by atoms with Crippen LogP contribution in [0.15, 0.2) is 52.1 Å². The first-order valence-corrected chi connectivity index (χ1v) is 7.01. The molecule has 1 aromatic heterocycles. The van der Waals surface area contributed by atoms with E-state index < -0.39 is 5.97 Å². The minimum absolute atomic E-state index is 0.344. The molecular formula is C13H10BrNO2S. The van der Waals surface area contributed by atoms with Crippen molar-refractivity contribution in [3.63, 3.8) is 0 Å². The Hall–Kier alpha value is -1.33. The fraction of sp³-hybridized carbons (Fsp3) is 0.0769. The highest BCUT2D eigenvalue weighted by Gasteiger charge is 2.10. The van der Waals surface area contributed by atoms with Gasteiger partial charge >= 0.3 is 5.97 Å². The van der Waals surface area contributed by atoms with Gasteiger partial charge in [0, 0.05) is 16.4 Å². The summed E-state index contributed by atoms with van der Waals surface area (Å²) in [5.74, 6) is -0.316. The molecule has 3 nitrogen and oxygen atoms in total. The first-order valence-electron chi connectivity index (χ1n) is 5.23. The molecule has 1 heterocycles. The van der Waals surface area contributed by atoms with Crippen LogP contribution in [0.3, 0.4) is 0 Å². The van der Waals surface area contributed by atoms with Gasteiger partial charge in [-0.2, -0.15) is 0 Å². The van der Waals surface area contributed by atoms with Gasteiger partial charge in [0.05, 0.1) is 5.56 Å². The van der Waals surface area contributed by atoms with E-state index in [0.29, 0.717) is 11.3 Å². The zero-order valence-corrected chi connectivity index (χ0v) is 11.7. The number of rotatable bonds is 4. The van der Waals surface area contributed by atoms with Crippen LogP contribution in [0.4, 0.5) is 0 Å². The number of halogens is 1. The summed E-state index contributed by atoms with van der Waals surface area (Å²) in [5.41, 5.74) is 1.14. The molecule has 0 unspecified atom stereocenters. The van der Waals surface area contributed by atoms with Gasteiger partial charge in [0.2, 0.25) is 0 Å². The van der Waals surface area contributed by atoms with Crippen LogP contribution in [-0.2, 0) is 5.75 Å². The Kier molecular flexibility index (Phi) is 4.38. The van der Waals surface area contributed by atoms with Crippen molar-refractivity contribution in [3.05, 3.63) is 58.2 Å². The van der Waals surface area contributed by atoms with Crippen LogP contribution in [0.5, 0.6) is 0 Å². The maximum absolute atomic E-state index is 11.1. The SMILES string of the molecule is O=C(O)c1ccccc1CSc1ncccc1Br. The highest BCUT2D eigenvalue weighted by Crippen LogP contribution is 2.28. The van der Waals surface area contributed by atoms with Gasteiger partial charge in [-0.1, -0.05) is 18.2 Å². The number of thioether (sulfide) groups is 1. The number of nitrogens with zero attached hydrogens (tertiary/aromatic N) is 1. The van der Waals surface area contributed by atoms with Crippen molar-refractivity contribution >= 4 is 33.7 Å². The van der Waals surface area contributed by atoms with Crippen molar-refractivity contribution in [3.8, 4) is 0 Å². The summed E-state index contributed by atoms with van der Waals surface area (Å²) in [6.45, 7) is 0. The molecule has 18 heavy (non-hydrogen) atoms. The van der Waals surface area contributed by atoms with Crippen molar-refractivity contribution in [2.45, 2.75) is 10.8 Å². The smallest absolute Gasteiger partial charge is 0.335 e. The minimum Gasteiger partial charge on any atom is -0.478 e. The molecule has 0 saturated heterocycles. The molecule has 2 aromatic rings. The second kappa shape index (κ2) is 6.02. The first kappa shape index (κ1) is 13.1. The molecule has 1 aromatic carbocycles. The lowest BCUT2D eigenvalue weighted by Gasteiger charge is -2.06. The molecule has 92 valence electrons. The average molecular weight is 324 g/mol. The van der Waals surface area contributed by atoms with Crippen LogP contribution < -0.4 is 0 Å². The normalized spacial score (nSPS) is 10.3. The van der Waals surface area contributed by atoms with Crippen LogP contribution in [0.1, 0.15) is 15.9 Å². The van der Waals surface area contributed by atoms with Crippen LogP contribution in [0.25, 0.3) is 0 Å². The Bertz CT molecular complexity index is 574. The predicted molar refractivity (Wildman–Crippen MR) is 74.9 cm³/mol. The molecule has 0 amide bonds. The zero-order valence-electron chi connectivity index (χ0n) is 9.34. The van der Waals surface area contributed by atoms with Crippen LogP contribution in [0, 0.1) is 0 Å². The Balaban J connectivity index is 2.16. The van der Waals surface area contributed by atoms with Crippen molar-refractivity contribution in [2.75, 3.05) is 0 Å². The first-order chi connectivity index (χ1) is 8.68. The lowest BCUT2D eigenvalue weighted by molar-refractivity contribution is 0.0696. The van der Waals surface area contributed by atoms with Gasteiger partial charge in [0.1, 0.15) is 5.03 Å². The summed E-state index contributed by atoms with van der Waals surface area (Å²) in [5, 5.41) is 9.94. The predicted octanol–water partition coefficient (Wildman–Crippen LogP) is 3.83. The highest BCUT2D eigenvalue weighted by atomic mass is 79.9. The molecule has 0 aliphatic rings. The number of pyridine rings is 1. The number of hydrogen-bond donors (Lipinski definition) is 1. The molecule has 1 N–H and O–H groups in total. The van der Waals surface area contributed by atoms with Crippen LogP contribution >= 0.6 is 27.7 Å². The Labute approximate surface area is 117 Å². The van der Waals surface area contributed by atoms with Crippen LogP contribution in [0.2, 0.25) is 0 Å². The van der Waals surface area contributed by atoms with Gasteiger partial charge in [-0.15, -0.1) is 11.8 Å². The van der Waals surface area contributed by atoms with E-state index in [0.717, 1.165) is 15.1 Å². The van der Waals surface area contributed by atoms with Crippen LogP contribution in [-0.4, -0.2) is 16.1 Å². The third-order valence-corrected chi connectivity index (χ3v) is 4.29. The van der Waals surface area contributed by atoms with Gasteiger partial charge in [-0.3, -0.25) is 0 Å². The van der Waals surface area contributed by atoms with E-state index in [9.17, 15) is 4.79 Å². The molecule has 2 rings (SSSR count). The standard InChI is InChI=1S/C13H10BrNO2S/c14-11-6-3-7-15-12(11)18-8-9-4-1-2-5-10(9)13(16)17/h1-7H,8H2,(H,16,17). The summed E-state index contributed by atoms with van der Waals surface area (Å²) in [4.78, 5) is 15.3. The molecule has 0 saturated carbocycles. The lowest BCUT2D eigenvalue weighted by Crippen LogP contribution is -2.01. The van der Waals surface area contributed by atoms with E-state index in [4.69, 9.17) is 5.11 Å². The van der Waals surface area contributed by atoms with Gasteiger partial charge < -0.3 is 5.11 Å². The van der Waals surface area contributed by atoms with Gasteiger partial charge in [-0.05, 0) is 39.7 Å². The molecule has 5 heteroatoms. The second-order valence-corrected chi connectivity index (χ2v) is 5.36. The van der Waals surface area contributed by atoms with Crippen molar-refractivity contribution in [1.29, 1.82) is 0 Å². The fourth-order valence-corrected chi connectivity index (χ4v) is 2.96. The fourth-order valence-electron chi connectivity index (χ4n) is 1.48. The Morgan fingerprint density at radius 2 is 2.06 bits per heavy atom. The number of aromatic carboxylic acids is 1. The minimum atomic E-state index is -0.897. The molecule has 0 spiro atoms. The quantitative estimate of drug-likeness (QED) is 0.868. The summed E-state index contributed by atoms with van der Waals surface area (Å²) >= 11 is 4.93. The molecule has 0 aliphatic carbocycles.